The summed E-state index contributed by atoms with van der Waals surface area (Å²) < 4.78 is 16.1. The predicted octanol–water partition coefficient (Wildman–Crippen LogP) is 5.99. The molecule has 0 unspecified atom stereocenters. The van der Waals surface area contributed by atoms with E-state index in [-0.39, 0.29) is 34.1 Å². The largest absolute Gasteiger partial charge is 0.497 e. The molecule has 4 rings (SSSR count). The van der Waals surface area contributed by atoms with Gasteiger partial charge < -0.3 is 14.2 Å². The Kier molecular flexibility index (Phi) is 7.97. The van der Waals surface area contributed by atoms with E-state index in [9.17, 15) is 14.4 Å². The molecule has 0 bridgehead atoms. The van der Waals surface area contributed by atoms with Crippen LogP contribution in [-0.4, -0.2) is 42.3 Å². The van der Waals surface area contributed by atoms with Crippen molar-refractivity contribution in [2.75, 3.05) is 20.3 Å². The molecule has 0 aromatic heterocycles. The highest BCUT2D eigenvalue weighted by molar-refractivity contribution is 8.18. The van der Waals surface area contributed by atoms with Crippen molar-refractivity contribution in [3.8, 4) is 17.2 Å². The summed E-state index contributed by atoms with van der Waals surface area (Å²) in [6.07, 6.45) is 1.58. The van der Waals surface area contributed by atoms with Gasteiger partial charge in [0.1, 0.15) is 23.9 Å². The van der Waals surface area contributed by atoms with Crippen LogP contribution in [0.5, 0.6) is 17.2 Å². The van der Waals surface area contributed by atoms with Crippen molar-refractivity contribution in [3.63, 3.8) is 0 Å². The maximum atomic E-state index is 12.8. The Labute approximate surface area is 217 Å². The van der Waals surface area contributed by atoms with Gasteiger partial charge in [-0.05, 0) is 84.4 Å². The highest BCUT2D eigenvalue weighted by Crippen LogP contribution is 2.34. The van der Waals surface area contributed by atoms with Crippen LogP contribution in [0.15, 0.2) is 71.6 Å². The zero-order valence-electron chi connectivity index (χ0n) is 19.5. The Hall–Kier alpha value is -3.75. The molecular formula is C27H22ClNO6S. The lowest BCUT2D eigenvalue weighted by atomic mass is 10.2. The molecule has 1 fully saturated rings. The van der Waals surface area contributed by atoms with E-state index in [1.807, 2.05) is 31.2 Å². The molecule has 1 aliphatic rings. The molecule has 2 amide bonds. The molecule has 1 heterocycles. The lowest BCUT2D eigenvalue weighted by Gasteiger charge is -2.13. The number of esters is 1. The van der Waals surface area contributed by atoms with E-state index < -0.39 is 11.9 Å². The number of halogens is 1. The highest BCUT2D eigenvalue weighted by atomic mass is 35.5. The number of carbonyl (C=O) groups is 3. The van der Waals surface area contributed by atoms with Gasteiger partial charge >= 0.3 is 5.97 Å². The van der Waals surface area contributed by atoms with Gasteiger partial charge in [0.25, 0.3) is 11.1 Å². The molecule has 0 N–H and O–H groups in total. The normalized spacial score (nSPS) is 14.3. The maximum absolute atomic E-state index is 12.8. The van der Waals surface area contributed by atoms with E-state index >= 15 is 0 Å². The molecule has 7 nitrogen and oxygen atoms in total. The number of hydrogen-bond acceptors (Lipinski definition) is 7. The van der Waals surface area contributed by atoms with Gasteiger partial charge in [-0.1, -0.05) is 29.8 Å². The van der Waals surface area contributed by atoms with Gasteiger partial charge in [0, 0.05) is 0 Å². The summed E-state index contributed by atoms with van der Waals surface area (Å²) >= 11 is 7.16. The topological polar surface area (TPSA) is 82.1 Å². The van der Waals surface area contributed by atoms with Gasteiger partial charge in [0.2, 0.25) is 0 Å². The second kappa shape index (κ2) is 11.3. The lowest BCUT2D eigenvalue weighted by molar-refractivity contribution is -0.123. The monoisotopic (exact) mass is 523 g/mol. The van der Waals surface area contributed by atoms with Crippen LogP contribution in [-0.2, 0) is 4.79 Å². The third-order valence-electron chi connectivity index (χ3n) is 5.23. The van der Waals surface area contributed by atoms with Crippen LogP contribution < -0.4 is 14.2 Å². The Morgan fingerprint density at radius 2 is 1.81 bits per heavy atom. The van der Waals surface area contributed by atoms with Crippen molar-refractivity contribution in [2.24, 2.45) is 0 Å². The smallest absolute Gasteiger partial charge is 0.343 e. The number of amides is 2. The average molecular weight is 524 g/mol. The minimum atomic E-state index is -0.568. The fraction of sp³-hybridized carbons (Fsp3) is 0.148. The molecule has 0 atom stereocenters. The summed E-state index contributed by atoms with van der Waals surface area (Å²) in [4.78, 5) is 39.0. The molecule has 1 aliphatic heterocycles. The molecule has 0 aliphatic carbocycles. The van der Waals surface area contributed by atoms with Crippen molar-refractivity contribution < 1.29 is 28.6 Å². The van der Waals surface area contributed by atoms with Gasteiger partial charge in [-0.25, -0.2) is 4.79 Å². The summed E-state index contributed by atoms with van der Waals surface area (Å²) in [5.41, 5.74) is 1.99. The van der Waals surface area contributed by atoms with E-state index in [4.69, 9.17) is 25.8 Å². The molecule has 1 saturated heterocycles. The third kappa shape index (κ3) is 6.08. The van der Waals surface area contributed by atoms with Crippen LogP contribution in [0.4, 0.5) is 4.79 Å². The first-order valence-corrected chi connectivity index (χ1v) is 12.1. The van der Waals surface area contributed by atoms with E-state index in [2.05, 4.69) is 0 Å². The van der Waals surface area contributed by atoms with E-state index in [0.717, 1.165) is 22.2 Å². The van der Waals surface area contributed by atoms with Gasteiger partial charge in [0.05, 0.1) is 29.1 Å². The van der Waals surface area contributed by atoms with Crippen molar-refractivity contribution in [1.29, 1.82) is 0 Å². The highest BCUT2D eigenvalue weighted by Gasteiger charge is 2.34. The number of nitrogens with zero attached hydrogens (tertiary/aromatic N) is 1. The standard InChI is InChI=1S/C27H22ClNO6S/c1-17-4-3-5-21(14-17)34-13-12-29-25(30)24(36-27(29)32)16-18-6-11-23(22(28)15-18)35-26(31)19-7-9-20(33-2)10-8-19/h3-11,14-16H,12-13H2,1-2H3/b24-16-. The first-order valence-electron chi connectivity index (χ1n) is 10.9. The molecule has 3 aromatic carbocycles. The van der Waals surface area contributed by atoms with Gasteiger partial charge in [0.15, 0.2) is 0 Å². The van der Waals surface area contributed by atoms with Crippen LogP contribution in [0.3, 0.4) is 0 Å². The lowest BCUT2D eigenvalue weighted by Crippen LogP contribution is -2.32. The number of imide groups is 1. The number of hydrogen-bond donors (Lipinski definition) is 0. The SMILES string of the molecule is COc1ccc(C(=O)Oc2ccc(/C=C3\SC(=O)N(CCOc4cccc(C)c4)C3=O)cc2Cl)cc1. The van der Waals surface area contributed by atoms with E-state index in [0.29, 0.717) is 22.6 Å². The summed E-state index contributed by atoms with van der Waals surface area (Å²) in [7, 11) is 1.54. The minimum absolute atomic E-state index is 0.136. The Morgan fingerprint density at radius 1 is 1.03 bits per heavy atom. The second-order valence-electron chi connectivity index (χ2n) is 7.81. The number of ether oxygens (including phenoxy) is 3. The van der Waals surface area contributed by atoms with Crippen molar-refractivity contribution >= 4 is 46.6 Å². The van der Waals surface area contributed by atoms with Crippen LogP contribution in [0, 0.1) is 6.92 Å². The first-order chi connectivity index (χ1) is 17.3. The summed E-state index contributed by atoms with van der Waals surface area (Å²) in [5, 5.41) is -0.174. The predicted molar refractivity (Wildman–Crippen MR) is 139 cm³/mol. The number of aryl methyl sites for hydroxylation is 1. The molecule has 0 spiro atoms. The molecule has 3 aromatic rings. The van der Waals surface area contributed by atoms with Crippen LogP contribution in [0.25, 0.3) is 6.08 Å². The fourth-order valence-electron chi connectivity index (χ4n) is 3.38. The number of thioether (sulfide) groups is 1. The summed E-state index contributed by atoms with van der Waals surface area (Å²) in [6, 6.07) is 18.8. The molecule has 36 heavy (non-hydrogen) atoms. The van der Waals surface area contributed by atoms with E-state index in [1.165, 1.54) is 13.2 Å². The first kappa shape index (κ1) is 25.3. The maximum Gasteiger partial charge on any atom is 0.343 e. The molecule has 184 valence electrons. The minimum Gasteiger partial charge on any atom is -0.497 e. The quantitative estimate of drug-likeness (QED) is 0.204. The molecule has 0 saturated carbocycles. The van der Waals surface area contributed by atoms with Crippen molar-refractivity contribution in [1.82, 2.24) is 4.90 Å². The van der Waals surface area contributed by atoms with Gasteiger partial charge in [-0.2, -0.15) is 0 Å². The summed E-state index contributed by atoms with van der Waals surface area (Å²) in [5.74, 6) is 0.512. The van der Waals surface area contributed by atoms with E-state index in [1.54, 1.807) is 42.5 Å². The fourth-order valence-corrected chi connectivity index (χ4v) is 4.47. The van der Waals surface area contributed by atoms with Crippen LogP contribution >= 0.6 is 23.4 Å². The third-order valence-corrected chi connectivity index (χ3v) is 6.43. The number of rotatable bonds is 8. The number of methoxy groups -OCH3 is 1. The van der Waals surface area contributed by atoms with Crippen molar-refractivity contribution in [3.05, 3.63) is 93.3 Å². The molecule has 9 heteroatoms. The van der Waals surface area contributed by atoms with Crippen molar-refractivity contribution in [2.45, 2.75) is 6.92 Å². The second-order valence-corrected chi connectivity index (χ2v) is 9.21. The Morgan fingerprint density at radius 3 is 2.50 bits per heavy atom. The van der Waals surface area contributed by atoms with Crippen LogP contribution in [0.1, 0.15) is 21.5 Å². The Balaban J connectivity index is 1.38. The molecule has 0 radical (unpaired) electrons. The van der Waals surface area contributed by atoms with Gasteiger partial charge in [-0.3, -0.25) is 14.5 Å². The Bertz CT molecular complexity index is 1340. The van der Waals surface area contributed by atoms with Crippen LogP contribution in [0.2, 0.25) is 5.02 Å². The zero-order valence-corrected chi connectivity index (χ0v) is 21.1. The van der Waals surface area contributed by atoms with Gasteiger partial charge in [-0.15, -0.1) is 0 Å². The average Bonchev–Trinajstić information content (AvgIpc) is 3.13. The molecular weight excluding hydrogens is 502 g/mol. The number of benzene rings is 3. The number of carbonyl (C=O) groups excluding carboxylic acids is 3. The summed E-state index contributed by atoms with van der Waals surface area (Å²) in [6.45, 7) is 2.28. The zero-order chi connectivity index (χ0) is 25.7.